The number of aryl methyl sites for hydroxylation is 1. The van der Waals surface area contributed by atoms with Crippen molar-refractivity contribution in [1.82, 2.24) is 24.2 Å². The molecule has 0 spiro atoms. The number of likely N-dealkylation sites (tertiary alicyclic amines) is 1. The first kappa shape index (κ1) is 15.0. The van der Waals surface area contributed by atoms with E-state index in [4.69, 9.17) is 0 Å². The van der Waals surface area contributed by atoms with Crippen LogP contribution in [-0.4, -0.2) is 37.3 Å². The molecule has 3 heterocycles. The van der Waals surface area contributed by atoms with Crippen LogP contribution in [0.1, 0.15) is 37.1 Å². The van der Waals surface area contributed by atoms with E-state index in [9.17, 15) is 4.79 Å². The lowest BCUT2D eigenvalue weighted by molar-refractivity contribution is 0.194. The number of rotatable bonds is 4. The first-order valence-electron chi connectivity index (χ1n) is 7.94. The summed E-state index contributed by atoms with van der Waals surface area (Å²) in [7, 11) is 1.73. The number of aromatic nitrogens is 4. The van der Waals surface area contributed by atoms with Gasteiger partial charge in [0.15, 0.2) is 0 Å². The molecule has 0 N–H and O–H groups in total. The maximum absolute atomic E-state index is 12.1. The van der Waals surface area contributed by atoms with Crippen molar-refractivity contribution in [2.75, 3.05) is 13.1 Å². The van der Waals surface area contributed by atoms with Crippen molar-refractivity contribution in [2.24, 2.45) is 7.05 Å². The molecule has 0 bridgehead atoms. The maximum Gasteiger partial charge on any atom is 0.345 e. The van der Waals surface area contributed by atoms with Gasteiger partial charge in [-0.15, -0.1) is 0 Å². The van der Waals surface area contributed by atoms with Crippen LogP contribution in [0.5, 0.6) is 0 Å². The van der Waals surface area contributed by atoms with E-state index in [1.807, 2.05) is 19.2 Å². The fourth-order valence-electron chi connectivity index (χ4n) is 3.28. The second-order valence-electron chi connectivity index (χ2n) is 5.94. The number of nitrogens with zero attached hydrogens (tertiary/aromatic N) is 5. The van der Waals surface area contributed by atoms with Crippen molar-refractivity contribution in [3.05, 3.63) is 46.4 Å². The molecule has 0 aliphatic carbocycles. The van der Waals surface area contributed by atoms with Crippen LogP contribution in [0.25, 0.3) is 0 Å². The average Bonchev–Trinajstić information content (AvgIpc) is 2.83. The monoisotopic (exact) mass is 301 g/mol. The molecule has 1 aliphatic heterocycles. The van der Waals surface area contributed by atoms with Gasteiger partial charge in [-0.1, -0.05) is 6.07 Å². The Morgan fingerprint density at radius 1 is 1.41 bits per heavy atom. The van der Waals surface area contributed by atoms with Gasteiger partial charge in [-0.3, -0.25) is 14.5 Å². The van der Waals surface area contributed by atoms with Gasteiger partial charge in [-0.25, -0.2) is 9.48 Å². The molecule has 1 fully saturated rings. The smallest absolute Gasteiger partial charge is 0.298 e. The molecule has 1 aliphatic rings. The van der Waals surface area contributed by atoms with Gasteiger partial charge in [0.25, 0.3) is 0 Å². The van der Waals surface area contributed by atoms with Gasteiger partial charge in [0.2, 0.25) is 0 Å². The van der Waals surface area contributed by atoms with Crippen molar-refractivity contribution >= 4 is 0 Å². The molecule has 1 unspecified atom stereocenters. The summed E-state index contributed by atoms with van der Waals surface area (Å²) in [6, 6.07) is 4.09. The Labute approximate surface area is 130 Å². The Hall–Kier alpha value is -1.95. The number of hydrogen-bond donors (Lipinski definition) is 0. The van der Waals surface area contributed by atoms with Crippen LogP contribution in [0.15, 0.2) is 29.3 Å². The van der Waals surface area contributed by atoms with Crippen LogP contribution >= 0.6 is 0 Å². The van der Waals surface area contributed by atoms with Crippen LogP contribution in [0.2, 0.25) is 0 Å². The fourth-order valence-corrected chi connectivity index (χ4v) is 3.28. The lowest BCUT2D eigenvalue weighted by Gasteiger charge is -2.32. The molecule has 2 aromatic heterocycles. The van der Waals surface area contributed by atoms with E-state index in [-0.39, 0.29) is 5.69 Å². The Morgan fingerprint density at radius 2 is 2.27 bits per heavy atom. The molecule has 22 heavy (non-hydrogen) atoms. The van der Waals surface area contributed by atoms with Crippen LogP contribution in [0.3, 0.4) is 0 Å². The third-order valence-corrected chi connectivity index (χ3v) is 4.35. The molecule has 6 nitrogen and oxygen atoms in total. The van der Waals surface area contributed by atoms with E-state index in [1.165, 1.54) is 10.2 Å². The number of piperidine rings is 1. The Bertz CT molecular complexity index is 676. The molecule has 0 amide bonds. The first-order valence-corrected chi connectivity index (χ1v) is 7.94. The maximum atomic E-state index is 12.1. The zero-order valence-corrected chi connectivity index (χ0v) is 13.3. The minimum atomic E-state index is -0.0121. The van der Waals surface area contributed by atoms with Gasteiger partial charge >= 0.3 is 5.69 Å². The highest BCUT2D eigenvalue weighted by Gasteiger charge is 2.26. The minimum absolute atomic E-state index is 0.0121. The molecule has 0 aromatic carbocycles. The van der Waals surface area contributed by atoms with Crippen molar-refractivity contribution in [3.8, 4) is 0 Å². The molecule has 118 valence electrons. The van der Waals surface area contributed by atoms with Crippen molar-refractivity contribution in [3.63, 3.8) is 0 Å². The fraction of sp³-hybridized carbons (Fsp3) is 0.562. The third-order valence-electron chi connectivity index (χ3n) is 4.35. The van der Waals surface area contributed by atoms with E-state index in [0.29, 0.717) is 12.5 Å². The SMILES string of the molecule is CCn1c(C2CCCN(Cc3cccnc3)C2)nn(C)c1=O. The summed E-state index contributed by atoms with van der Waals surface area (Å²) in [6.45, 7) is 5.64. The van der Waals surface area contributed by atoms with E-state index in [2.05, 4.69) is 21.0 Å². The van der Waals surface area contributed by atoms with Crippen LogP contribution in [0.4, 0.5) is 0 Å². The topological polar surface area (TPSA) is 56.0 Å². The summed E-state index contributed by atoms with van der Waals surface area (Å²) < 4.78 is 3.26. The average molecular weight is 301 g/mol. The van der Waals surface area contributed by atoms with Gasteiger partial charge < -0.3 is 0 Å². The molecule has 3 rings (SSSR count). The van der Waals surface area contributed by atoms with E-state index in [0.717, 1.165) is 38.3 Å². The van der Waals surface area contributed by atoms with Crippen LogP contribution in [-0.2, 0) is 20.1 Å². The lowest BCUT2D eigenvalue weighted by Crippen LogP contribution is -2.35. The van der Waals surface area contributed by atoms with Gasteiger partial charge in [0, 0.05) is 45.0 Å². The van der Waals surface area contributed by atoms with Crippen molar-refractivity contribution < 1.29 is 0 Å². The van der Waals surface area contributed by atoms with E-state index >= 15 is 0 Å². The largest absolute Gasteiger partial charge is 0.345 e. The summed E-state index contributed by atoms with van der Waals surface area (Å²) >= 11 is 0. The van der Waals surface area contributed by atoms with Gasteiger partial charge in [0.1, 0.15) is 5.82 Å². The highest BCUT2D eigenvalue weighted by Crippen LogP contribution is 2.25. The molecule has 1 atom stereocenters. The molecule has 1 saturated heterocycles. The third kappa shape index (κ3) is 2.97. The van der Waals surface area contributed by atoms with Crippen LogP contribution < -0.4 is 5.69 Å². The lowest BCUT2D eigenvalue weighted by atomic mass is 9.96. The minimum Gasteiger partial charge on any atom is -0.298 e. The Balaban J connectivity index is 1.76. The number of pyridine rings is 1. The summed E-state index contributed by atoms with van der Waals surface area (Å²) in [6.07, 6.45) is 5.96. The molecule has 6 heteroatoms. The standard InChI is InChI=1S/C16H23N5O/c1-3-21-15(18-19(2)16(21)22)14-7-5-9-20(12-14)11-13-6-4-8-17-10-13/h4,6,8,10,14H,3,5,7,9,11-12H2,1-2H3. The van der Waals surface area contributed by atoms with E-state index < -0.39 is 0 Å². The molecular weight excluding hydrogens is 278 g/mol. The zero-order chi connectivity index (χ0) is 15.5. The highest BCUT2D eigenvalue weighted by molar-refractivity contribution is 5.09. The van der Waals surface area contributed by atoms with Crippen LogP contribution in [0, 0.1) is 0 Å². The number of hydrogen-bond acceptors (Lipinski definition) is 4. The molecule has 2 aromatic rings. The summed E-state index contributed by atoms with van der Waals surface area (Å²) in [4.78, 5) is 18.7. The van der Waals surface area contributed by atoms with Gasteiger partial charge in [-0.05, 0) is 37.9 Å². The molecular formula is C16H23N5O. The van der Waals surface area contributed by atoms with Gasteiger partial charge in [-0.2, -0.15) is 5.10 Å². The predicted molar refractivity (Wildman–Crippen MR) is 84.6 cm³/mol. The molecule has 0 saturated carbocycles. The van der Waals surface area contributed by atoms with Crippen molar-refractivity contribution in [1.29, 1.82) is 0 Å². The Morgan fingerprint density at radius 3 is 3.00 bits per heavy atom. The quantitative estimate of drug-likeness (QED) is 0.856. The summed E-state index contributed by atoms with van der Waals surface area (Å²) in [5, 5.41) is 4.47. The second-order valence-corrected chi connectivity index (χ2v) is 5.94. The van der Waals surface area contributed by atoms with Crippen molar-refractivity contribution in [2.45, 2.75) is 38.8 Å². The first-order chi connectivity index (χ1) is 10.7. The predicted octanol–water partition coefficient (Wildman–Crippen LogP) is 1.38. The zero-order valence-electron chi connectivity index (χ0n) is 13.3. The normalized spacial score (nSPS) is 19.5. The highest BCUT2D eigenvalue weighted by atomic mass is 16.2. The Kier molecular flexibility index (Phi) is 4.38. The summed E-state index contributed by atoms with van der Waals surface area (Å²) in [5.74, 6) is 1.27. The van der Waals surface area contributed by atoms with Gasteiger partial charge in [0.05, 0.1) is 0 Å². The molecule has 0 radical (unpaired) electrons. The summed E-state index contributed by atoms with van der Waals surface area (Å²) in [5.41, 5.74) is 1.22. The van der Waals surface area contributed by atoms with E-state index in [1.54, 1.807) is 17.8 Å². The second kappa shape index (κ2) is 6.44.